The summed E-state index contributed by atoms with van der Waals surface area (Å²) in [5.41, 5.74) is 5.59. The third-order valence-corrected chi connectivity index (χ3v) is 3.77. The van der Waals surface area contributed by atoms with Gasteiger partial charge in [-0.1, -0.05) is 19.9 Å². The molecule has 0 saturated carbocycles. The normalized spacial score (nSPS) is 11.4. The molecule has 0 bridgehead atoms. The third-order valence-electron chi connectivity index (χ3n) is 3.77. The quantitative estimate of drug-likeness (QED) is 0.736. The van der Waals surface area contributed by atoms with Gasteiger partial charge in [-0.15, -0.1) is 0 Å². The number of rotatable bonds is 4. The molecule has 0 amide bonds. The molecule has 108 valence electrons. The Morgan fingerprint density at radius 1 is 1.05 bits per heavy atom. The smallest absolute Gasteiger partial charge is 0.0995 e. The second kappa shape index (κ2) is 5.64. The van der Waals surface area contributed by atoms with Gasteiger partial charge in [0, 0.05) is 6.20 Å². The van der Waals surface area contributed by atoms with Gasteiger partial charge in [-0.2, -0.15) is 10.2 Å². The van der Waals surface area contributed by atoms with Crippen LogP contribution in [0.5, 0.6) is 0 Å². The van der Waals surface area contributed by atoms with E-state index in [0.29, 0.717) is 5.92 Å². The van der Waals surface area contributed by atoms with Crippen LogP contribution < -0.4 is 0 Å². The van der Waals surface area contributed by atoms with E-state index in [4.69, 9.17) is 0 Å². The number of pyridine rings is 1. The summed E-state index contributed by atoms with van der Waals surface area (Å²) in [5, 5.41) is 8.31. The Morgan fingerprint density at radius 3 is 2.62 bits per heavy atom. The average Bonchev–Trinajstić information content (AvgIpc) is 2.89. The zero-order valence-corrected chi connectivity index (χ0v) is 12.7. The van der Waals surface area contributed by atoms with Gasteiger partial charge in [0.25, 0.3) is 0 Å². The number of aromatic nitrogens is 4. The standard InChI is InChI=1S/C17H20N4/c1-12(2)14-5-9-17-16(18-11-21(17)10-14)8-7-15-6-4-13(3)19-20-15/h4-6,9-12H,7-8H2,1-3H3. The maximum Gasteiger partial charge on any atom is 0.0995 e. The van der Waals surface area contributed by atoms with E-state index in [2.05, 4.69) is 51.8 Å². The molecule has 4 heteroatoms. The zero-order chi connectivity index (χ0) is 14.8. The maximum atomic E-state index is 4.54. The number of nitrogens with zero attached hydrogens (tertiary/aromatic N) is 4. The molecule has 0 aliphatic rings. The lowest BCUT2D eigenvalue weighted by Crippen LogP contribution is -1.98. The predicted octanol–water partition coefficient (Wildman–Crippen LogP) is 3.34. The second-order valence-electron chi connectivity index (χ2n) is 5.77. The monoisotopic (exact) mass is 280 g/mol. The van der Waals surface area contributed by atoms with Crippen molar-refractivity contribution in [2.75, 3.05) is 0 Å². The van der Waals surface area contributed by atoms with Crippen molar-refractivity contribution in [1.29, 1.82) is 0 Å². The van der Waals surface area contributed by atoms with Crippen LogP contribution in [-0.2, 0) is 12.8 Å². The van der Waals surface area contributed by atoms with Gasteiger partial charge in [0.1, 0.15) is 0 Å². The molecule has 3 aromatic heterocycles. The first-order chi connectivity index (χ1) is 10.1. The molecule has 0 spiro atoms. The Balaban J connectivity index is 1.79. The lowest BCUT2D eigenvalue weighted by Gasteiger charge is -2.06. The predicted molar refractivity (Wildman–Crippen MR) is 83.5 cm³/mol. The van der Waals surface area contributed by atoms with Crippen LogP contribution in [0.1, 0.15) is 42.4 Å². The molecule has 21 heavy (non-hydrogen) atoms. The van der Waals surface area contributed by atoms with Crippen LogP contribution in [0.3, 0.4) is 0 Å². The lowest BCUT2D eigenvalue weighted by molar-refractivity contribution is 0.835. The van der Waals surface area contributed by atoms with Gasteiger partial charge in [-0.3, -0.25) is 0 Å². The topological polar surface area (TPSA) is 43.1 Å². The Hall–Kier alpha value is -2.23. The minimum atomic E-state index is 0.531. The molecular formula is C17H20N4. The van der Waals surface area contributed by atoms with Gasteiger partial charge in [0.15, 0.2) is 0 Å². The molecule has 0 aromatic carbocycles. The molecule has 3 aromatic rings. The number of hydrogen-bond acceptors (Lipinski definition) is 3. The molecule has 0 N–H and O–H groups in total. The van der Waals surface area contributed by atoms with E-state index in [0.717, 1.165) is 29.9 Å². The van der Waals surface area contributed by atoms with Crippen molar-refractivity contribution in [3.63, 3.8) is 0 Å². The SMILES string of the molecule is Cc1ccc(CCc2ncn3cc(C(C)C)ccc23)nn1. The van der Waals surface area contributed by atoms with Crippen LogP contribution in [0.25, 0.3) is 5.52 Å². The minimum Gasteiger partial charge on any atom is -0.306 e. The summed E-state index contributed by atoms with van der Waals surface area (Å²) in [7, 11) is 0. The highest BCUT2D eigenvalue weighted by Gasteiger charge is 2.07. The summed E-state index contributed by atoms with van der Waals surface area (Å²) >= 11 is 0. The van der Waals surface area contributed by atoms with Crippen LogP contribution in [0.2, 0.25) is 0 Å². The first-order valence-electron chi connectivity index (χ1n) is 7.38. The number of imidazole rings is 1. The van der Waals surface area contributed by atoms with Crippen LogP contribution in [0.15, 0.2) is 36.8 Å². The highest BCUT2D eigenvalue weighted by atomic mass is 15.1. The van der Waals surface area contributed by atoms with Crippen LogP contribution in [0.4, 0.5) is 0 Å². The van der Waals surface area contributed by atoms with Crippen LogP contribution >= 0.6 is 0 Å². The van der Waals surface area contributed by atoms with Crippen molar-refractivity contribution < 1.29 is 0 Å². The molecule has 4 nitrogen and oxygen atoms in total. The fraction of sp³-hybridized carbons (Fsp3) is 0.353. The van der Waals surface area contributed by atoms with Crippen LogP contribution in [0, 0.1) is 6.92 Å². The second-order valence-corrected chi connectivity index (χ2v) is 5.77. The van der Waals surface area contributed by atoms with E-state index in [1.807, 2.05) is 25.4 Å². The van der Waals surface area contributed by atoms with Gasteiger partial charge in [0.05, 0.1) is 28.9 Å². The van der Waals surface area contributed by atoms with Crippen molar-refractivity contribution in [2.24, 2.45) is 0 Å². The summed E-state index contributed by atoms with van der Waals surface area (Å²) in [6.45, 7) is 6.36. The Labute approximate surface area is 124 Å². The Kier molecular flexibility index (Phi) is 3.69. The molecule has 3 heterocycles. The number of aryl methyl sites for hydroxylation is 3. The van der Waals surface area contributed by atoms with E-state index in [1.54, 1.807) is 0 Å². The largest absolute Gasteiger partial charge is 0.306 e. The summed E-state index contributed by atoms with van der Waals surface area (Å²) in [6.07, 6.45) is 5.82. The van der Waals surface area contributed by atoms with Crippen molar-refractivity contribution in [1.82, 2.24) is 19.6 Å². The summed E-state index contributed by atoms with van der Waals surface area (Å²) in [6, 6.07) is 8.40. The Bertz CT molecular complexity index is 741. The van der Waals surface area contributed by atoms with Crippen molar-refractivity contribution in [3.05, 3.63) is 59.4 Å². The van der Waals surface area contributed by atoms with Crippen molar-refractivity contribution in [2.45, 2.75) is 39.5 Å². The molecular weight excluding hydrogens is 260 g/mol. The first kappa shape index (κ1) is 13.7. The minimum absolute atomic E-state index is 0.531. The zero-order valence-electron chi connectivity index (χ0n) is 12.7. The highest BCUT2D eigenvalue weighted by molar-refractivity contribution is 5.53. The lowest BCUT2D eigenvalue weighted by atomic mass is 10.1. The van der Waals surface area contributed by atoms with E-state index < -0.39 is 0 Å². The number of fused-ring (bicyclic) bond motifs is 1. The fourth-order valence-corrected chi connectivity index (χ4v) is 2.41. The highest BCUT2D eigenvalue weighted by Crippen LogP contribution is 2.18. The van der Waals surface area contributed by atoms with E-state index in [-0.39, 0.29) is 0 Å². The third kappa shape index (κ3) is 2.94. The first-order valence-corrected chi connectivity index (χ1v) is 7.38. The van der Waals surface area contributed by atoms with Crippen molar-refractivity contribution >= 4 is 5.52 Å². The average molecular weight is 280 g/mol. The molecule has 0 aliphatic heterocycles. The van der Waals surface area contributed by atoms with Gasteiger partial charge in [0.2, 0.25) is 0 Å². The molecule has 0 aliphatic carbocycles. The van der Waals surface area contributed by atoms with Gasteiger partial charge in [-0.25, -0.2) is 4.98 Å². The van der Waals surface area contributed by atoms with E-state index in [1.165, 1.54) is 11.1 Å². The summed E-state index contributed by atoms with van der Waals surface area (Å²) in [5.74, 6) is 0.531. The van der Waals surface area contributed by atoms with Gasteiger partial charge >= 0.3 is 0 Å². The molecule has 0 radical (unpaired) electrons. The molecule has 3 rings (SSSR count). The van der Waals surface area contributed by atoms with E-state index >= 15 is 0 Å². The fourth-order valence-electron chi connectivity index (χ4n) is 2.41. The molecule has 0 fully saturated rings. The van der Waals surface area contributed by atoms with Crippen molar-refractivity contribution in [3.8, 4) is 0 Å². The molecule has 0 saturated heterocycles. The maximum absolute atomic E-state index is 4.54. The summed E-state index contributed by atoms with van der Waals surface area (Å²) in [4.78, 5) is 4.54. The van der Waals surface area contributed by atoms with Gasteiger partial charge < -0.3 is 4.40 Å². The Morgan fingerprint density at radius 2 is 1.90 bits per heavy atom. The molecule has 0 atom stereocenters. The van der Waals surface area contributed by atoms with Crippen LogP contribution in [-0.4, -0.2) is 19.6 Å². The van der Waals surface area contributed by atoms with E-state index in [9.17, 15) is 0 Å². The van der Waals surface area contributed by atoms with Gasteiger partial charge in [-0.05, 0) is 49.4 Å². The number of hydrogen-bond donors (Lipinski definition) is 0. The summed E-state index contributed by atoms with van der Waals surface area (Å²) < 4.78 is 2.12. The molecule has 0 unspecified atom stereocenters.